The Kier molecular flexibility index (Phi) is 3.18. The molecular weight excluding hydrogens is 232 g/mol. The zero-order valence-corrected chi connectivity index (χ0v) is 11.0. The summed E-state index contributed by atoms with van der Waals surface area (Å²) in [7, 11) is 1.34. The second-order valence-electron chi connectivity index (χ2n) is 4.23. The molecule has 0 unspecified atom stereocenters. The first kappa shape index (κ1) is 12.3. The largest absolute Gasteiger partial charge is 0.464 e. The van der Waals surface area contributed by atoms with Crippen molar-refractivity contribution in [2.45, 2.75) is 27.4 Å². The van der Waals surface area contributed by atoms with Crippen molar-refractivity contribution < 1.29 is 9.53 Å². The molecule has 0 saturated heterocycles. The van der Waals surface area contributed by atoms with Crippen LogP contribution in [0.1, 0.15) is 27.6 Å². The molecule has 0 aliphatic heterocycles. The van der Waals surface area contributed by atoms with Crippen molar-refractivity contribution in [2.75, 3.05) is 7.11 Å². The van der Waals surface area contributed by atoms with Crippen LogP contribution in [0.15, 0.2) is 12.1 Å². The van der Waals surface area contributed by atoms with Gasteiger partial charge < -0.3 is 4.74 Å². The maximum Gasteiger partial charge on any atom is 0.358 e. The molecule has 2 rings (SSSR count). The van der Waals surface area contributed by atoms with E-state index >= 15 is 0 Å². The summed E-state index contributed by atoms with van der Waals surface area (Å²) in [5.74, 6) is -0.426. The minimum atomic E-state index is -0.426. The highest BCUT2D eigenvalue weighted by Gasteiger charge is 2.13. The summed E-state index contributed by atoms with van der Waals surface area (Å²) in [4.78, 5) is 11.4. The van der Waals surface area contributed by atoms with E-state index in [-0.39, 0.29) is 0 Å². The first-order valence-electron chi connectivity index (χ1n) is 5.65. The van der Waals surface area contributed by atoms with Gasteiger partial charge in [-0.25, -0.2) is 14.2 Å². The van der Waals surface area contributed by atoms with Crippen LogP contribution in [0.4, 0.5) is 0 Å². The van der Waals surface area contributed by atoms with Gasteiger partial charge in [0.2, 0.25) is 0 Å². The topological polar surface area (TPSA) is 61.9 Å². The van der Waals surface area contributed by atoms with Crippen LogP contribution >= 0.6 is 0 Å². The average molecular weight is 248 g/mol. The predicted molar refractivity (Wildman–Crippen MR) is 65.4 cm³/mol. The molecule has 96 valence electrons. The molecule has 0 bridgehead atoms. The lowest BCUT2D eigenvalue weighted by Gasteiger charge is -2.06. The van der Waals surface area contributed by atoms with E-state index < -0.39 is 5.97 Å². The molecule has 2 aromatic rings. The van der Waals surface area contributed by atoms with E-state index in [0.717, 1.165) is 17.1 Å². The van der Waals surface area contributed by atoms with E-state index in [1.807, 2.05) is 31.5 Å². The smallest absolute Gasteiger partial charge is 0.358 e. The number of nitrogens with zero attached hydrogens (tertiary/aromatic N) is 4. The lowest BCUT2D eigenvalue weighted by Crippen LogP contribution is -2.14. The number of aromatic nitrogens is 4. The quantitative estimate of drug-likeness (QED) is 0.768. The number of hydrogen-bond acceptors (Lipinski definition) is 4. The van der Waals surface area contributed by atoms with Gasteiger partial charge in [-0.2, -0.15) is 10.2 Å². The number of carbonyl (C=O) groups is 1. The van der Waals surface area contributed by atoms with Gasteiger partial charge in [0.1, 0.15) is 6.67 Å². The third-order valence-electron chi connectivity index (χ3n) is 2.75. The molecule has 0 aliphatic carbocycles. The van der Waals surface area contributed by atoms with Gasteiger partial charge in [0.15, 0.2) is 5.69 Å². The third-order valence-corrected chi connectivity index (χ3v) is 2.75. The van der Waals surface area contributed by atoms with Gasteiger partial charge in [-0.3, -0.25) is 0 Å². The van der Waals surface area contributed by atoms with Crippen LogP contribution in [0.5, 0.6) is 0 Å². The summed E-state index contributed by atoms with van der Waals surface area (Å²) in [6, 6.07) is 3.71. The summed E-state index contributed by atoms with van der Waals surface area (Å²) in [5.41, 5.74) is 3.23. The second kappa shape index (κ2) is 4.64. The van der Waals surface area contributed by atoms with Crippen molar-refractivity contribution in [2.24, 2.45) is 0 Å². The van der Waals surface area contributed by atoms with Crippen molar-refractivity contribution in [3.63, 3.8) is 0 Å². The highest BCUT2D eigenvalue weighted by molar-refractivity contribution is 5.87. The van der Waals surface area contributed by atoms with E-state index in [2.05, 4.69) is 14.9 Å². The first-order valence-corrected chi connectivity index (χ1v) is 5.65. The minimum Gasteiger partial charge on any atom is -0.464 e. The summed E-state index contributed by atoms with van der Waals surface area (Å²) >= 11 is 0. The van der Waals surface area contributed by atoms with Crippen molar-refractivity contribution in [3.05, 3.63) is 34.9 Å². The number of esters is 1. The van der Waals surface area contributed by atoms with Gasteiger partial charge in [-0.05, 0) is 32.9 Å². The fourth-order valence-corrected chi connectivity index (χ4v) is 1.80. The Bertz CT molecular complexity index is 583. The summed E-state index contributed by atoms with van der Waals surface area (Å²) in [6.45, 7) is 6.31. The Morgan fingerprint density at radius 3 is 2.33 bits per heavy atom. The van der Waals surface area contributed by atoms with Crippen LogP contribution in [-0.4, -0.2) is 32.6 Å². The molecule has 0 spiro atoms. The van der Waals surface area contributed by atoms with Gasteiger partial charge in [0.05, 0.1) is 12.8 Å². The van der Waals surface area contributed by atoms with Crippen LogP contribution in [0.25, 0.3) is 0 Å². The highest BCUT2D eigenvalue weighted by atomic mass is 16.5. The number of aryl methyl sites for hydroxylation is 3. The van der Waals surface area contributed by atoms with E-state index in [1.54, 1.807) is 10.7 Å². The lowest BCUT2D eigenvalue weighted by atomic mass is 10.4. The summed E-state index contributed by atoms with van der Waals surface area (Å²) in [5, 5.41) is 8.57. The highest BCUT2D eigenvalue weighted by Crippen LogP contribution is 2.07. The molecule has 0 radical (unpaired) electrons. The van der Waals surface area contributed by atoms with Crippen molar-refractivity contribution in [3.8, 4) is 0 Å². The van der Waals surface area contributed by atoms with Gasteiger partial charge >= 0.3 is 5.97 Å². The number of hydrogen-bond donors (Lipinski definition) is 0. The summed E-state index contributed by atoms with van der Waals surface area (Å²) in [6.07, 6.45) is 0. The second-order valence-corrected chi connectivity index (χ2v) is 4.23. The van der Waals surface area contributed by atoms with Gasteiger partial charge in [-0.1, -0.05) is 0 Å². The normalized spacial score (nSPS) is 10.7. The maximum atomic E-state index is 11.4. The third kappa shape index (κ3) is 2.27. The van der Waals surface area contributed by atoms with Crippen molar-refractivity contribution >= 4 is 5.97 Å². The zero-order chi connectivity index (χ0) is 13.3. The molecule has 0 aromatic carbocycles. The number of methoxy groups -OCH3 is 1. The van der Waals surface area contributed by atoms with Crippen molar-refractivity contribution in [1.29, 1.82) is 0 Å². The molecule has 0 amide bonds. The fraction of sp³-hybridized carbons (Fsp3) is 0.417. The molecule has 6 heteroatoms. The molecule has 2 aromatic heterocycles. The molecule has 0 saturated carbocycles. The Morgan fingerprint density at radius 2 is 1.78 bits per heavy atom. The first-order chi connectivity index (χ1) is 8.51. The molecule has 0 atom stereocenters. The molecule has 0 aliphatic rings. The van der Waals surface area contributed by atoms with Crippen LogP contribution < -0.4 is 0 Å². The molecular formula is C12H16N4O2. The van der Waals surface area contributed by atoms with Gasteiger partial charge in [-0.15, -0.1) is 0 Å². The monoisotopic (exact) mass is 248 g/mol. The Morgan fingerprint density at radius 1 is 1.17 bits per heavy atom. The van der Waals surface area contributed by atoms with Gasteiger partial charge in [0.25, 0.3) is 0 Å². The zero-order valence-electron chi connectivity index (χ0n) is 11.0. The van der Waals surface area contributed by atoms with E-state index in [4.69, 9.17) is 0 Å². The Balaban J connectivity index is 2.27. The van der Waals surface area contributed by atoms with Crippen LogP contribution in [0.2, 0.25) is 0 Å². The number of rotatable bonds is 3. The maximum absolute atomic E-state index is 11.4. The van der Waals surface area contributed by atoms with Crippen LogP contribution in [0, 0.1) is 20.8 Å². The van der Waals surface area contributed by atoms with E-state index in [1.165, 1.54) is 7.11 Å². The Labute approximate surface area is 105 Å². The van der Waals surface area contributed by atoms with E-state index in [9.17, 15) is 4.79 Å². The Hall–Kier alpha value is -2.11. The van der Waals surface area contributed by atoms with Crippen molar-refractivity contribution in [1.82, 2.24) is 19.6 Å². The number of carbonyl (C=O) groups excluding carboxylic acids is 1. The predicted octanol–water partition coefficient (Wildman–Crippen LogP) is 1.30. The molecule has 0 fully saturated rings. The standard InChI is InChI=1S/C12H16N4O2/c1-8-5-9(2)15(13-8)7-16-10(3)6-11(14-16)12(17)18-4/h5-6H,7H2,1-4H3. The van der Waals surface area contributed by atoms with Crippen LogP contribution in [0.3, 0.4) is 0 Å². The number of ether oxygens (including phenoxy) is 1. The fourth-order valence-electron chi connectivity index (χ4n) is 1.80. The van der Waals surface area contributed by atoms with E-state index in [0.29, 0.717) is 12.4 Å². The molecule has 2 heterocycles. The summed E-state index contributed by atoms with van der Waals surface area (Å²) < 4.78 is 8.22. The van der Waals surface area contributed by atoms with Gasteiger partial charge in [0, 0.05) is 11.4 Å². The SMILES string of the molecule is COC(=O)c1cc(C)n(Cn2nc(C)cc2C)n1. The molecule has 0 N–H and O–H groups in total. The average Bonchev–Trinajstić information content (AvgIpc) is 2.83. The molecule has 18 heavy (non-hydrogen) atoms. The minimum absolute atomic E-state index is 0.316. The lowest BCUT2D eigenvalue weighted by molar-refractivity contribution is 0.0593. The molecule has 6 nitrogen and oxygen atoms in total. The van der Waals surface area contributed by atoms with Crippen LogP contribution in [-0.2, 0) is 11.4 Å².